The second-order valence-electron chi connectivity index (χ2n) is 8.20. The van der Waals surface area contributed by atoms with Crippen molar-refractivity contribution in [2.24, 2.45) is 0 Å². The zero-order valence-corrected chi connectivity index (χ0v) is 19.7. The van der Waals surface area contributed by atoms with Gasteiger partial charge in [0.1, 0.15) is 19.3 Å². The molecule has 0 atom stereocenters. The smallest absolute Gasteiger partial charge is 0.361 e. The second-order valence-corrected chi connectivity index (χ2v) is 8.20. The number of anilines is 2. The Kier molecular flexibility index (Phi) is 7.02. The van der Waals surface area contributed by atoms with Gasteiger partial charge in [-0.05, 0) is 24.5 Å². The molecule has 1 aliphatic rings. The minimum Gasteiger partial charge on any atom is -0.495 e. The zero-order chi connectivity index (χ0) is 24.2. The zero-order valence-electron chi connectivity index (χ0n) is 19.7. The van der Waals surface area contributed by atoms with E-state index in [2.05, 4.69) is 26.3 Å². The van der Waals surface area contributed by atoms with Crippen LogP contribution in [-0.4, -0.2) is 74.2 Å². The maximum absolute atomic E-state index is 12.6. The lowest BCUT2D eigenvalue weighted by molar-refractivity contribution is -0.116. The number of nitrogens with one attached hydrogen (secondary N) is 1. The molecule has 1 N–H and O–H groups in total. The van der Waals surface area contributed by atoms with E-state index >= 15 is 0 Å². The van der Waals surface area contributed by atoms with Gasteiger partial charge in [0.2, 0.25) is 17.5 Å². The first kappa shape index (κ1) is 23.6. The molecular formula is C23H28BN5O5. The molecule has 10 nitrogen and oxygen atoms in total. The number of benzene rings is 1. The van der Waals surface area contributed by atoms with Crippen molar-refractivity contribution in [2.45, 2.75) is 19.7 Å². The first-order chi connectivity index (χ1) is 16.4. The monoisotopic (exact) mass is 465 g/mol. The molecule has 1 aliphatic heterocycles. The quantitative estimate of drug-likeness (QED) is 0.514. The topological polar surface area (TPSA) is 110 Å². The van der Waals surface area contributed by atoms with Crippen molar-refractivity contribution in [3.05, 3.63) is 46.4 Å². The number of carbonyl (C=O) groups excluding carboxylic acids is 2. The lowest BCUT2D eigenvalue weighted by atomic mass is 10.0. The Morgan fingerprint density at radius 1 is 1.21 bits per heavy atom. The molecule has 1 amide bonds. The highest BCUT2D eigenvalue weighted by molar-refractivity contribution is 6.09. The molecule has 1 aromatic carbocycles. The molecule has 1 fully saturated rings. The summed E-state index contributed by atoms with van der Waals surface area (Å²) in [6.07, 6.45) is 0.804. The van der Waals surface area contributed by atoms with Crippen LogP contribution < -0.4 is 20.6 Å². The predicted octanol–water partition coefficient (Wildman–Crippen LogP) is 0.942. The van der Waals surface area contributed by atoms with E-state index in [9.17, 15) is 14.4 Å². The van der Waals surface area contributed by atoms with Crippen LogP contribution in [0.25, 0.3) is 11.1 Å². The van der Waals surface area contributed by atoms with Crippen LogP contribution in [0.4, 0.5) is 11.4 Å². The van der Waals surface area contributed by atoms with E-state index in [4.69, 9.17) is 9.15 Å². The van der Waals surface area contributed by atoms with Gasteiger partial charge in [-0.3, -0.25) is 14.5 Å². The number of aromatic nitrogens is 2. The van der Waals surface area contributed by atoms with Crippen molar-refractivity contribution >= 4 is 42.1 Å². The summed E-state index contributed by atoms with van der Waals surface area (Å²) in [5.41, 5.74) is 1.13. The molecule has 3 aromatic rings. The number of rotatable bonds is 7. The Bertz CT molecular complexity index is 1260. The van der Waals surface area contributed by atoms with Crippen LogP contribution in [0.2, 0.25) is 0 Å². The average Bonchev–Trinajstić information content (AvgIpc) is 3.21. The van der Waals surface area contributed by atoms with Gasteiger partial charge >= 0.3 is 5.63 Å². The number of carbonyl (C=O) groups is 2. The van der Waals surface area contributed by atoms with E-state index in [0.29, 0.717) is 23.9 Å². The first-order valence-corrected chi connectivity index (χ1v) is 11.4. The maximum atomic E-state index is 12.6. The summed E-state index contributed by atoms with van der Waals surface area (Å²) in [6, 6.07) is 9.49. The van der Waals surface area contributed by atoms with Gasteiger partial charge in [0.05, 0.1) is 23.9 Å². The van der Waals surface area contributed by atoms with Crippen molar-refractivity contribution < 1.29 is 18.7 Å². The molecule has 34 heavy (non-hydrogen) atoms. The largest absolute Gasteiger partial charge is 0.495 e. The van der Waals surface area contributed by atoms with Gasteiger partial charge in [0.15, 0.2) is 0 Å². The predicted molar refractivity (Wildman–Crippen MR) is 132 cm³/mol. The normalized spacial score (nSPS) is 14.4. The number of hydrogen-bond donors (Lipinski definition) is 1. The number of fused-ring (bicyclic) bond motifs is 1. The van der Waals surface area contributed by atoms with E-state index in [1.54, 1.807) is 7.11 Å². The van der Waals surface area contributed by atoms with E-state index in [1.165, 1.54) is 13.0 Å². The molecule has 0 unspecified atom stereocenters. The standard InChI is InChI=1S/C23H28BN5O5/c1-15(30)29-22-16(18(14-24)26-29)13-17(23(32)34-22)25-21(31)7-8-27-9-11-28(12-10-27)19-5-3-4-6-20(19)33-2/h3-6,13H,7-12,14,24H2,1-2H3,(H,25,31). The summed E-state index contributed by atoms with van der Waals surface area (Å²) in [5.74, 6) is 0.234. The highest BCUT2D eigenvalue weighted by Gasteiger charge is 2.21. The molecule has 3 heterocycles. The Hall–Kier alpha value is -3.60. The number of nitrogens with zero attached hydrogens (tertiary/aromatic N) is 4. The summed E-state index contributed by atoms with van der Waals surface area (Å²) >= 11 is 0. The number of hydrogen-bond acceptors (Lipinski definition) is 8. The van der Waals surface area contributed by atoms with E-state index < -0.39 is 5.63 Å². The molecular weight excluding hydrogens is 437 g/mol. The maximum Gasteiger partial charge on any atom is 0.361 e. The summed E-state index contributed by atoms with van der Waals surface area (Å²) in [5, 5.41) is 7.41. The fraction of sp³-hybridized carbons (Fsp3) is 0.391. The lowest BCUT2D eigenvalue weighted by Crippen LogP contribution is -2.47. The number of piperazine rings is 1. The van der Waals surface area contributed by atoms with Crippen LogP contribution in [0.1, 0.15) is 23.8 Å². The number of para-hydroxylation sites is 2. The third kappa shape index (κ3) is 4.84. The summed E-state index contributed by atoms with van der Waals surface area (Å²) in [4.78, 5) is 41.3. The van der Waals surface area contributed by atoms with Crippen molar-refractivity contribution in [3.8, 4) is 5.75 Å². The lowest BCUT2D eigenvalue weighted by Gasteiger charge is -2.36. The van der Waals surface area contributed by atoms with Gasteiger partial charge in [-0.25, -0.2) is 4.79 Å². The molecule has 0 bridgehead atoms. The third-order valence-electron chi connectivity index (χ3n) is 6.01. The van der Waals surface area contributed by atoms with Gasteiger partial charge in [-0.1, -0.05) is 12.1 Å². The van der Waals surface area contributed by atoms with Crippen LogP contribution in [0.3, 0.4) is 0 Å². The minimum absolute atomic E-state index is 0.0521. The van der Waals surface area contributed by atoms with Crippen molar-refractivity contribution in [2.75, 3.05) is 50.1 Å². The molecule has 0 saturated carbocycles. The molecule has 1 saturated heterocycles. The summed E-state index contributed by atoms with van der Waals surface area (Å²) < 4.78 is 11.9. The molecule has 0 spiro atoms. The van der Waals surface area contributed by atoms with E-state index in [-0.39, 0.29) is 29.6 Å². The fourth-order valence-electron chi connectivity index (χ4n) is 4.18. The minimum atomic E-state index is -0.712. The molecule has 178 valence electrons. The van der Waals surface area contributed by atoms with Crippen molar-refractivity contribution in [3.63, 3.8) is 0 Å². The van der Waals surface area contributed by atoms with Crippen LogP contribution in [0.5, 0.6) is 5.75 Å². The third-order valence-corrected chi connectivity index (χ3v) is 6.01. The highest BCUT2D eigenvalue weighted by Crippen LogP contribution is 2.28. The fourth-order valence-corrected chi connectivity index (χ4v) is 4.18. The highest BCUT2D eigenvalue weighted by atomic mass is 16.5. The van der Waals surface area contributed by atoms with Crippen LogP contribution >= 0.6 is 0 Å². The molecule has 0 aliphatic carbocycles. The Labute approximate surface area is 197 Å². The van der Waals surface area contributed by atoms with Gasteiger partial charge in [0.25, 0.3) is 0 Å². The van der Waals surface area contributed by atoms with E-state index in [0.717, 1.165) is 42.3 Å². The average molecular weight is 465 g/mol. The van der Waals surface area contributed by atoms with E-state index in [1.807, 2.05) is 26.0 Å². The Morgan fingerprint density at radius 3 is 2.62 bits per heavy atom. The van der Waals surface area contributed by atoms with Crippen molar-refractivity contribution in [1.29, 1.82) is 0 Å². The molecule has 0 radical (unpaired) electrons. The molecule has 2 aromatic heterocycles. The van der Waals surface area contributed by atoms with Crippen LogP contribution in [-0.2, 0) is 11.1 Å². The molecule has 11 heteroatoms. The first-order valence-electron chi connectivity index (χ1n) is 11.4. The van der Waals surface area contributed by atoms with Crippen LogP contribution in [0, 0.1) is 0 Å². The SMILES string of the molecule is BCc1nn(C(C)=O)c2oc(=O)c(NC(=O)CCN3CCN(c4ccccc4OC)CC3)cc12. The summed E-state index contributed by atoms with van der Waals surface area (Å²) in [7, 11) is 3.56. The Morgan fingerprint density at radius 2 is 1.94 bits per heavy atom. The van der Waals surface area contributed by atoms with Gasteiger partial charge in [-0.2, -0.15) is 9.78 Å². The summed E-state index contributed by atoms with van der Waals surface area (Å²) in [6.45, 7) is 5.25. The number of amides is 1. The second kappa shape index (κ2) is 10.1. The Balaban J connectivity index is 1.35. The molecule has 4 rings (SSSR count). The number of methoxy groups -OCH3 is 1. The van der Waals surface area contributed by atoms with Crippen LogP contribution in [0.15, 0.2) is 39.5 Å². The van der Waals surface area contributed by atoms with Gasteiger partial charge in [-0.15, -0.1) is 0 Å². The van der Waals surface area contributed by atoms with Crippen molar-refractivity contribution in [1.82, 2.24) is 14.7 Å². The van der Waals surface area contributed by atoms with Gasteiger partial charge < -0.3 is 19.4 Å². The number of ether oxygens (including phenoxy) is 1. The van der Waals surface area contributed by atoms with Gasteiger partial charge in [0, 0.05) is 46.1 Å².